The van der Waals surface area contributed by atoms with Crippen LogP contribution >= 0.6 is 23.2 Å². The van der Waals surface area contributed by atoms with Crippen molar-refractivity contribution in [1.82, 2.24) is 5.32 Å². The second-order valence-corrected chi connectivity index (χ2v) is 5.44. The van der Waals surface area contributed by atoms with Crippen LogP contribution in [0.1, 0.15) is 12.0 Å². The van der Waals surface area contributed by atoms with Gasteiger partial charge in [0.25, 0.3) is 0 Å². The third-order valence-electron chi connectivity index (χ3n) is 2.95. The van der Waals surface area contributed by atoms with Crippen molar-refractivity contribution in [3.8, 4) is 0 Å². The number of hydrogen-bond donors (Lipinski definition) is 2. The number of carbonyl (C=O) groups excluding carboxylic acids is 1. The van der Waals surface area contributed by atoms with E-state index in [1.807, 2.05) is 18.2 Å². The second-order valence-electron chi connectivity index (χ2n) is 4.59. The maximum atomic E-state index is 11.8. The number of aryl methyl sites for hydroxylation is 1. The summed E-state index contributed by atoms with van der Waals surface area (Å²) in [4.78, 5) is 11.8. The predicted molar refractivity (Wildman–Crippen MR) is 88.2 cm³/mol. The van der Waals surface area contributed by atoms with E-state index >= 15 is 0 Å². The van der Waals surface area contributed by atoms with Crippen LogP contribution in [0.5, 0.6) is 0 Å². The Morgan fingerprint density at radius 3 is 2.57 bits per heavy atom. The van der Waals surface area contributed by atoms with E-state index in [9.17, 15) is 4.79 Å². The Morgan fingerprint density at radius 2 is 1.81 bits per heavy atom. The number of anilines is 1. The number of rotatable bonds is 5. The lowest BCUT2D eigenvalue weighted by molar-refractivity contribution is 0.252. The van der Waals surface area contributed by atoms with Gasteiger partial charge >= 0.3 is 6.03 Å². The molecule has 0 aromatic heterocycles. The first-order valence-corrected chi connectivity index (χ1v) is 7.44. The van der Waals surface area contributed by atoms with E-state index in [2.05, 4.69) is 22.8 Å². The van der Waals surface area contributed by atoms with Crippen LogP contribution in [0.15, 0.2) is 48.5 Å². The maximum Gasteiger partial charge on any atom is 0.319 e. The zero-order chi connectivity index (χ0) is 15.1. The van der Waals surface area contributed by atoms with Gasteiger partial charge in [0, 0.05) is 11.6 Å². The van der Waals surface area contributed by atoms with E-state index < -0.39 is 0 Å². The molecule has 0 bridgehead atoms. The Hall–Kier alpha value is -1.71. The lowest BCUT2D eigenvalue weighted by Gasteiger charge is -2.09. The molecule has 0 atom stereocenters. The van der Waals surface area contributed by atoms with Gasteiger partial charge < -0.3 is 10.6 Å². The number of amides is 2. The Morgan fingerprint density at radius 1 is 1.05 bits per heavy atom. The maximum absolute atomic E-state index is 11.8. The predicted octanol–water partition coefficient (Wildman–Crippen LogP) is 4.75. The summed E-state index contributed by atoms with van der Waals surface area (Å²) in [7, 11) is 0. The molecule has 0 heterocycles. The minimum atomic E-state index is -0.285. The van der Waals surface area contributed by atoms with Crippen LogP contribution in [-0.2, 0) is 6.42 Å². The van der Waals surface area contributed by atoms with E-state index in [0.29, 0.717) is 22.3 Å². The monoisotopic (exact) mass is 322 g/mol. The fraction of sp³-hybridized carbons (Fsp3) is 0.188. The molecule has 110 valence electrons. The van der Waals surface area contributed by atoms with Gasteiger partial charge in [-0.25, -0.2) is 4.79 Å². The van der Waals surface area contributed by atoms with E-state index in [0.717, 1.165) is 12.8 Å². The van der Waals surface area contributed by atoms with Crippen LogP contribution in [-0.4, -0.2) is 12.6 Å². The number of benzene rings is 2. The Balaban J connectivity index is 1.74. The third kappa shape index (κ3) is 5.29. The first kappa shape index (κ1) is 15.7. The minimum absolute atomic E-state index is 0.285. The van der Waals surface area contributed by atoms with Gasteiger partial charge in [0.1, 0.15) is 0 Å². The summed E-state index contributed by atoms with van der Waals surface area (Å²) in [6.45, 7) is 0.596. The number of halogens is 2. The molecular formula is C16H16Cl2N2O. The second kappa shape index (κ2) is 7.91. The molecular weight excluding hydrogens is 307 g/mol. The highest BCUT2D eigenvalue weighted by Gasteiger charge is 2.05. The fourth-order valence-corrected chi connectivity index (χ4v) is 2.24. The first-order valence-electron chi connectivity index (χ1n) is 6.69. The summed E-state index contributed by atoms with van der Waals surface area (Å²) >= 11 is 11.8. The number of hydrogen-bond acceptors (Lipinski definition) is 1. The van der Waals surface area contributed by atoms with Gasteiger partial charge in [-0.3, -0.25) is 0 Å². The van der Waals surface area contributed by atoms with Crippen molar-refractivity contribution in [1.29, 1.82) is 0 Å². The SMILES string of the molecule is O=C(NCCCc1ccccc1)Nc1cc(Cl)ccc1Cl. The molecule has 2 N–H and O–H groups in total. The van der Waals surface area contributed by atoms with Gasteiger partial charge in [0.15, 0.2) is 0 Å². The fourth-order valence-electron chi connectivity index (χ4n) is 1.90. The van der Waals surface area contributed by atoms with Crippen LogP contribution < -0.4 is 10.6 Å². The normalized spacial score (nSPS) is 10.2. The van der Waals surface area contributed by atoms with Crippen molar-refractivity contribution in [3.05, 3.63) is 64.1 Å². The Labute approximate surface area is 134 Å². The average Bonchev–Trinajstić information content (AvgIpc) is 2.48. The molecule has 2 amide bonds. The molecule has 0 fully saturated rings. The van der Waals surface area contributed by atoms with E-state index in [1.54, 1.807) is 18.2 Å². The summed E-state index contributed by atoms with van der Waals surface area (Å²) in [5.41, 5.74) is 1.77. The number of nitrogens with one attached hydrogen (secondary N) is 2. The topological polar surface area (TPSA) is 41.1 Å². The average molecular weight is 323 g/mol. The van der Waals surface area contributed by atoms with Crippen LogP contribution in [0.4, 0.5) is 10.5 Å². The van der Waals surface area contributed by atoms with Crippen molar-refractivity contribution < 1.29 is 4.79 Å². The van der Waals surface area contributed by atoms with Gasteiger partial charge in [0.05, 0.1) is 10.7 Å². The molecule has 0 aliphatic carbocycles. The number of carbonyl (C=O) groups is 1. The third-order valence-corrected chi connectivity index (χ3v) is 3.51. The zero-order valence-corrected chi connectivity index (χ0v) is 12.9. The van der Waals surface area contributed by atoms with Crippen molar-refractivity contribution >= 4 is 34.9 Å². The van der Waals surface area contributed by atoms with Crippen LogP contribution in [0.3, 0.4) is 0 Å². The van der Waals surface area contributed by atoms with Crippen LogP contribution in [0.25, 0.3) is 0 Å². The van der Waals surface area contributed by atoms with E-state index in [1.165, 1.54) is 5.56 Å². The molecule has 0 aliphatic rings. The standard InChI is InChI=1S/C16H16Cl2N2O/c17-13-8-9-14(18)15(11-13)20-16(21)19-10-4-7-12-5-2-1-3-6-12/h1-3,5-6,8-9,11H,4,7,10H2,(H2,19,20,21). The molecule has 0 saturated heterocycles. The van der Waals surface area contributed by atoms with Crippen molar-refractivity contribution in [2.24, 2.45) is 0 Å². The van der Waals surface area contributed by atoms with E-state index in [-0.39, 0.29) is 6.03 Å². The molecule has 0 spiro atoms. The summed E-state index contributed by atoms with van der Waals surface area (Å²) in [5, 5.41) is 6.46. The molecule has 5 heteroatoms. The smallest absolute Gasteiger partial charge is 0.319 e. The molecule has 2 aromatic carbocycles. The quantitative estimate of drug-likeness (QED) is 0.766. The van der Waals surface area contributed by atoms with Crippen molar-refractivity contribution in [3.63, 3.8) is 0 Å². The highest BCUT2D eigenvalue weighted by atomic mass is 35.5. The molecule has 3 nitrogen and oxygen atoms in total. The summed E-state index contributed by atoms with van der Waals surface area (Å²) < 4.78 is 0. The zero-order valence-electron chi connectivity index (χ0n) is 11.4. The molecule has 2 aromatic rings. The van der Waals surface area contributed by atoms with Gasteiger partial charge in [0.2, 0.25) is 0 Å². The molecule has 21 heavy (non-hydrogen) atoms. The van der Waals surface area contributed by atoms with Crippen molar-refractivity contribution in [2.75, 3.05) is 11.9 Å². The highest BCUT2D eigenvalue weighted by Crippen LogP contribution is 2.25. The summed E-state index contributed by atoms with van der Waals surface area (Å²) in [6.07, 6.45) is 1.81. The van der Waals surface area contributed by atoms with Crippen molar-refractivity contribution in [2.45, 2.75) is 12.8 Å². The Bertz CT molecular complexity index is 602. The molecule has 0 aliphatic heterocycles. The van der Waals surface area contributed by atoms with E-state index in [4.69, 9.17) is 23.2 Å². The largest absolute Gasteiger partial charge is 0.338 e. The number of urea groups is 1. The molecule has 0 saturated carbocycles. The lowest BCUT2D eigenvalue weighted by Crippen LogP contribution is -2.29. The molecule has 0 radical (unpaired) electrons. The van der Waals surface area contributed by atoms with Gasteiger partial charge in [-0.1, -0.05) is 53.5 Å². The van der Waals surface area contributed by atoms with Gasteiger partial charge in [-0.2, -0.15) is 0 Å². The molecule has 2 rings (SSSR count). The summed E-state index contributed by atoms with van der Waals surface area (Å²) in [6, 6.07) is 14.8. The van der Waals surface area contributed by atoms with Gasteiger partial charge in [-0.05, 0) is 36.6 Å². The summed E-state index contributed by atoms with van der Waals surface area (Å²) in [5.74, 6) is 0. The minimum Gasteiger partial charge on any atom is -0.338 e. The van der Waals surface area contributed by atoms with Gasteiger partial charge in [-0.15, -0.1) is 0 Å². The first-order chi connectivity index (χ1) is 10.1. The van der Waals surface area contributed by atoms with Crippen LogP contribution in [0.2, 0.25) is 10.0 Å². The Kier molecular flexibility index (Phi) is 5.90. The molecule has 0 unspecified atom stereocenters. The lowest BCUT2D eigenvalue weighted by atomic mass is 10.1. The van der Waals surface area contributed by atoms with Crippen LogP contribution in [0, 0.1) is 0 Å². The highest BCUT2D eigenvalue weighted by molar-refractivity contribution is 6.35.